The van der Waals surface area contributed by atoms with Gasteiger partial charge in [-0.1, -0.05) is 0 Å². The molecule has 6 N–H and O–H groups in total. The summed E-state index contributed by atoms with van der Waals surface area (Å²) in [5.74, 6) is -2.50. The van der Waals surface area contributed by atoms with Crippen molar-refractivity contribution in [2.24, 2.45) is 5.73 Å². The standard InChI is InChI=1S/C10H12FN3O7/c11-2-1-14(10(20)13-8(2)19)9-5(17)3(15)4(16)6(21-9)7(12)18/h1,3-6,9,15-17H,(H2,12,18)(H,13,19,20). The highest BCUT2D eigenvalue weighted by Gasteiger charge is 2.47. The summed E-state index contributed by atoms with van der Waals surface area (Å²) in [5.41, 5.74) is 2.54. The number of primary amides is 1. The maximum absolute atomic E-state index is 13.2. The highest BCUT2D eigenvalue weighted by Crippen LogP contribution is 2.27. The molecule has 2 rings (SSSR count). The van der Waals surface area contributed by atoms with E-state index in [-0.39, 0.29) is 0 Å². The number of aromatic nitrogens is 2. The van der Waals surface area contributed by atoms with Crippen molar-refractivity contribution in [1.82, 2.24) is 9.55 Å². The number of amides is 1. The van der Waals surface area contributed by atoms with Crippen molar-refractivity contribution in [3.63, 3.8) is 0 Å². The Labute approximate surface area is 115 Å². The van der Waals surface area contributed by atoms with Crippen molar-refractivity contribution >= 4 is 5.91 Å². The molecule has 1 aromatic rings. The number of nitrogens with zero attached hydrogens (tertiary/aromatic N) is 1. The van der Waals surface area contributed by atoms with Crippen molar-refractivity contribution in [2.75, 3.05) is 0 Å². The Morgan fingerprint density at radius 3 is 2.48 bits per heavy atom. The van der Waals surface area contributed by atoms with Crippen LogP contribution in [0.1, 0.15) is 6.23 Å². The Balaban J connectivity index is 2.47. The average Bonchev–Trinajstić information content (AvgIpc) is 2.41. The fourth-order valence-electron chi connectivity index (χ4n) is 1.98. The Kier molecular flexibility index (Phi) is 3.91. The number of H-pyrrole nitrogens is 1. The van der Waals surface area contributed by atoms with Gasteiger partial charge in [0, 0.05) is 0 Å². The first-order valence-electron chi connectivity index (χ1n) is 5.74. The quantitative estimate of drug-likeness (QED) is 0.372. The summed E-state index contributed by atoms with van der Waals surface area (Å²) in [7, 11) is 0. The number of hydrogen-bond donors (Lipinski definition) is 5. The van der Waals surface area contributed by atoms with E-state index in [4.69, 9.17) is 10.5 Å². The third kappa shape index (κ3) is 2.58. The van der Waals surface area contributed by atoms with E-state index < -0.39 is 53.6 Å². The van der Waals surface area contributed by atoms with E-state index in [0.29, 0.717) is 10.8 Å². The fourth-order valence-corrected chi connectivity index (χ4v) is 1.98. The molecule has 1 fully saturated rings. The molecule has 1 aromatic heterocycles. The van der Waals surface area contributed by atoms with Crippen LogP contribution in [0.25, 0.3) is 0 Å². The van der Waals surface area contributed by atoms with Crippen molar-refractivity contribution in [2.45, 2.75) is 30.6 Å². The first-order valence-corrected chi connectivity index (χ1v) is 5.74. The van der Waals surface area contributed by atoms with Gasteiger partial charge in [0.1, 0.15) is 18.3 Å². The number of hydrogen-bond acceptors (Lipinski definition) is 7. The topological polar surface area (TPSA) is 168 Å². The average molecular weight is 305 g/mol. The summed E-state index contributed by atoms with van der Waals surface area (Å²) < 4.78 is 18.6. The summed E-state index contributed by atoms with van der Waals surface area (Å²) in [5, 5.41) is 29.0. The van der Waals surface area contributed by atoms with Gasteiger partial charge in [0.2, 0.25) is 11.7 Å². The van der Waals surface area contributed by atoms with Crippen LogP contribution >= 0.6 is 0 Å². The molecule has 0 saturated carbocycles. The van der Waals surface area contributed by atoms with Crippen LogP contribution in [-0.2, 0) is 9.53 Å². The number of carbonyl (C=O) groups is 1. The molecule has 1 amide bonds. The molecule has 1 saturated heterocycles. The largest absolute Gasteiger partial charge is 0.387 e. The van der Waals surface area contributed by atoms with Crippen LogP contribution in [0.15, 0.2) is 15.8 Å². The molecule has 21 heavy (non-hydrogen) atoms. The van der Waals surface area contributed by atoms with Crippen LogP contribution in [0.2, 0.25) is 0 Å². The minimum atomic E-state index is -1.87. The van der Waals surface area contributed by atoms with Crippen LogP contribution in [0, 0.1) is 5.82 Å². The SMILES string of the molecule is NC(=O)C1OC(n2cc(F)c(=O)[nH]c2=O)C(O)C(O)C1O. The Morgan fingerprint density at radius 2 is 1.90 bits per heavy atom. The minimum Gasteiger partial charge on any atom is -0.387 e. The smallest absolute Gasteiger partial charge is 0.330 e. The lowest BCUT2D eigenvalue weighted by molar-refractivity contribution is -0.241. The lowest BCUT2D eigenvalue weighted by Gasteiger charge is -2.39. The van der Waals surface area contributed by atoms with E-state index >= 15 is 0 Å². The van der Waals surface area contributed by atoms with Crippen LogP contribution in [0.3, 0.4) is 0 Å². The number of carbonyl (C=O) groups excluding carboxylic acids is 1. The van der Waals surface area contributed by atoms with Gasteiger partial charge >= 0.3 is 5.69 Å². The first kappa shape index (κ1) is 15.3. The van der Waals surface area contributed by atoms with Crippen LogP contribution in [-0.4, -0.2) is 55.2 Å². The second-order valence-electron chi connectivity index (χ2n) is 4.46. The van der Waals surface area contributed by atoms with Crippen LogP contribution in [0.4, 0.5) is 4.39 Å². The zero-order chi connectivity index (χ0) is 15.9. The number of ether oxygens (including phenoxy) is 1. The molecule has 0 aliphatic carbocycles. The fraction of sp³-hybridized carbons (Fsp3) is 0.500. The van der Waals surface area contributed by atoms with Gasteiger partial charge in [0.25, 0.3) is 5.56 Å². The van der Waals surface area contributed by atoms with Gasteiger partial charge in [0.15, 0.2) is 12.3 Å². The van der Waals surface area contributed by atoms with E-state index in [2.05, 4.69) is 0 Å². The molecule has 10 nitrogen and oxygen atoms in total. The molecule has 1 aliphatic rings. The monoisotopic (exact) mass is 305 g/mol. The third-order valence-electron chi connectivity index (χ3n) is 3.07. The zero-order valence-corrected chi connectivity index (χ0v) is 10.3. The molecule has 5 atom stereocenters. The van der Waals surface area contributed by atoms with E-state index in [0.717, 1.165) is 0 Å². The van der Waals surface area contributed by atoms with Gasteiger partial charge in [-0.15, -0.1) is 0 Å². The zero-order valence-electron chi connectivity index (χ0n) is 10.3. The van der Waals surface area contributed by atoms with Gasteiger partial charge in [-0.05, 0) is 0 Å². The lowest BCUT2D eigenvalue weighted by atomic mass is 9.97. The summed E-state index contributed by atoms with van der Waals surface area (Å²) in [4.78, 5) is 35.3. The molecule has 0 radical (unpaired) electrons. The summed E-state index contributed by atoms with van der Waals surface area (Å²) >= 11 is 0. The predicted molar refractivity (Wildman–Crippen MR) is 62.4 cm³/mol. The molecule has 2 heterocycles. The van der Waals surface area contributed by atoms with Gasteiger partial charge in [0.05, 0.1) is 6.20 Å². The minimum absolute atomic E-state index is 0.437. The highest BCUT2D eigenvalue weighted by atomic mass is 19.1. The maximum Gasteiger partial charge on any atom is 0.330 e. The van der Waals surface area contributed by atoms with Gasteiger partial charge in [-0.2, -0.15) is 4.39 Å². The first-order chi connectivity index (χ1) is 9.73. The van der Waals surface area contributed by atoms with E-state index in [1.165, 1.54) is 0 Å². The van der Waals surface area contributed by atoms with Crippen molar-refractivity contribution < 1.29 is 29.2 Å². The number of aliphatic hydroxyl groups excluding tert-OH is 3. The van der Waals surface area contributed by atoms with E-state index in [1.54, 1.807) is 4.98 Å². The predicted octanol–water partition coefficient (Wildman–Crippen LogP) is -3.86. The molecule has 0 aromatic carbocycles. The number of nitrogens with two attached hydrogens (primary N) is 1. The lowest BCUT2D eigenvalue weighted by Crippen LogP contribution is -2.60. The number of aliphatic hydroxyl groups is 3. The van der Waals surface area contributed by atoms with Crippen molar-refractivity contribution in [3.05, 3.63) is 32.9 Å². The summed E-state index contributed by atoms with van der Waals surface area (Å²) in [6, 6.07) is 0. The van der Waals surface area contributed by atoms with Crippen LogP contribution < -0.4 is 17.0 Å². The molecule has 11 heteroatoms. The number of nitrogens with one attached hydrogen (secondary N) is 1. The third-order valence-corrected chi connectivity index (χ3v) is 3.07. The number of rotatable bonds is 2. The van der Waals surface area contributed by atoms with E-state index in [9.17, 15) is 34.1 Å². The number of halogens is 1. The molecule has 0 spiro atoms. The van der Waals surface area contributed by atoms with Gasteiger partial charge in [-0.25, -0.2) is 4.79 Å². The van der Waals surface area contributed by atoms with E-state index in [1.807, 2.05) is 0 Å². The normalized spacial score (nSPS) is 32.9. The molecule has 0 bridgehead atoms. The second-order valence-corrected chi connectivity index (χ2v) is 4.46. The highest BCUT2D eigenvalue weighted by molar-refractivity contribution is 5.79. The summed E-state index contributed by atoms with van der Waals surface area (Å²) in [6.07, 6.45) is -8.56. The molecule has 116 valence electrons. The number of aromatic amines is 1. The van der Waals surface area contributed by atoms with Gasteiger partial charge in [-0.3, -0.25) is 19.1 Å². The van der Waals surface area contributed by atoms with Gasteiger partial charge < -0.3 is 25.8 Å². The Morgan fingerprint density at radius 1 is 1.29 bits per heavy atom. The summed E-state index contributed by atoms with van der Waals surface area (Å²) in [6.45, 7) is 0. The molecular formula is C10H12FN3O7. The molecule has 1 aliphatic heterocycles. The Bertz CT molecular complexity index is 671. The van der Waals surface area contributed by atoms with Crippen molar-refractivity contribution in [1.29, 1.82) is 0 Å². The molecule has 5 unspecified atom stereocenters. The maximum atomic E-state index is 13.2. The molecular weight excluding hydrogens is 293 g/mol. The second kappa shape index (κ2) is 5.37. The Hall–Kier alpha value is -2.08. The van der Waals surface area contributed by atoms with Crippen LogP contribution in [0.5, 0.6) is 0 Å². The van der Waals surface area contributed by atoms with Crippen molar-refractivity contribution in [3.8, 4) is 0 Å².